The Morgan fingerprint density at radius 2 is 1.95 bits per heavy atom. The summed E-state index contributed by atoms with van der Waals surface area (Å²) < 4.78 is 5.62. The predicted molar refractivity (Wildman–Crippen MR) is 82.4 cm³/mol. The van der Waals surface area contributed by atoms with Crippen molar-refractivity contribution in [3.8, 4) is 0 Å². The predicted octanol–water partition coefficient (Wildman–Crippen LogP) is 3.18. The van der Waals surface area contributed by atoms with Gasteiger partial charge in [-0.2, -0.15) is 0 Å². The monoisotopic (exact) mass is 270 g/mol. The van der Waals surface area contributed by atoms with Crippen LogP contribution in [0.5, 0.6) is 0 Å². The maximum Gasteiger partial charge on any atom is 0.0622 e. The second-order valence-electron chi connectivity index (χ2n) is 6.20. The summed E-state index contributed by atoms with van der Waals surface area (Å²) in [5.74, 6) is 0. The van der Waals surface area contributed by atoms with E-state index in [1.54, 1.807) is 0 Å². The van der Waals surface area contributed by atoms with E-state index in [0.717, 1.165) is 32.7 Å². The Morgan fingerprint density at radius 1 is 1.21 bits per heavy atom. The van der Waals surface area contributed by atoms with E-state index in [0.29, 0.717) is 6.04 Å². The lowest BCUT2D eigenvalue weighted by Crippen LogP contribution is -2.60. The zero-order valence-corrected chi connectivity index (χ0v) is 13.3. The molecule has 2 N–H and O–H groups in total. The molecule has 1 saturated heterocycles. The second-order valence-corrected chi connectivity index (χ2v) is 6.20. The quantitative estimate of drug-likeness (QED) is 0.654. The van der Waals surface area contributed by atoms with Crippen LogP contribution in [0.2, 0.25) is 0 Å². The molecule has 0 saturated carbocycles. The molecule has 0 bridgehead atoms. The summed E-state index contributed by atoms with van der Waals surface area (Å²) in [5, 5.41) is 0. The highest BCUT2D eigenvalue weighted by molar-refractivity contribution is 4.92. The van der Waals surface area contributed by atoms with E-state index >= 15 is 0 Å². The number of unbranched alkanes of at least 4 members (excludes halogenated alkanes) is 4. The number of hydrogen-bond acceptors (Lipinski definition) is 3. The number of rotatable bonds is 9. The molecule has 19 heavy (non-hydrogen) atoms. The van der Waals surface area contributed by atoms with Crippen molar-refractivity contribution in [2.24, 2.45) is 5.73 Å². The van der Waals surface area contributed by atoms with Crippen LogP contribution < -0.4 is 5.73 Å². The van der Waals surface area contributed by atoms with Gasteiger partial charge in [-0.15, -0.1) is 0 Å². The van der Waals surface area contributed by atoms with Gasteiger partial charge >= 0.3 is 0 Å². The first-order valence-corrected chi connectivity index (χ1v) is 8.22. The Balaban J connectivity index is 2.47. The van der Waals surface area contributed by atoms with E-state index in [2.05, 4.69) is 25.7 Å². The molecular weight excluding hydrogens is 236 g/mol. The number of ether oxygens (including phenoxy) is 1. The van der Waals surface area contributed by atoms with Crippen LogP contribution in [0.3, 0.4) is 0 Å². The van der Waals surface area contributed by atoms with E-state index in [4.69, 9.17) is 10.5 Å². The summed E-state index contributed by atoms with van der Waals surface area (Å²) in [4.78, 5) is 2.62. The van der Waals surface area contributed by atoms with Gasteiger partial charge in [0.25, 0.3) is 0 Å². The largest absolute Gasteiger partial charge is 0.378 e. The van der Waals surface area contributed by atoms with E-state index in [1.807, 2.05) is 0 Å². The van der Waals surface area contributed by atoms with Crippen LogP contribution in [0.25, 0.3) is 0 Å². The van der Waals surface area contributed by atoms with Gasteiger partial charge < -0.3 is 10.5 Å². The molecule has 114 valence electrons. The molecule has 0 aromatic rings. The van der Waals surface area contributed by atoms with Gasteiger partial charge in [-0.3, -0.25) is 4.90 Å². The minimum absolute atomic E-state index is 0.163. The lowest BCUT2D eigenvalue weighted by Gasteiger charge is -2.47. The highest BCUT2D eigenvalue weighted by atomic mass is 16.5. The lowest BCUT2D eigenvalue weighted by atomic mass is 9.89. The molecule has 0 aromatic heterocycles. The van der Waals surface area contributed by atoms with Crippen LogP contribution in [-0.2, 0) is 4.74 Å². The van der Waals surface area contributed by atoms with Crippen molar-refractivity contribution in [1.29, 1.82) is 0 Å². The fourth-order valence-electron chi connectivity index (χ4n) is 3.18. The summed E-state index contributed by atoms with van der Waals surface area (Å²) in [7, 11) is 0. The van der Waals surface area contributed by atoms with Crippen LogP contribution in [0, 0.1) is 0 Å². The Bertz CT molecular complexity index is 235. The maximum atomic E-state index is 6.11. The van der Waals surface area contributed by atoms with Crippen molar-refractivity contribution in [3.63, 3.8) is 0 Å². The van der Waals surface area contributed by atoms with E-state index in [-0.39, 0.29) is 5.54 Å². The van der Waals surface area contributed by atoms with Crippen LogP contribution in [0.4, 0.5) is 0 Å². The van der Waals surface area contributed by atoms with Gasteiger partial charge in [-0.25, -0.2) is 0 Å². The summed E-state index contributed by atoms with van der Waals surface area (Å²) in [6, 6.07) is 0.554. The van der Waals surface area contributed by atoms with E-state index in [9.17, 15) is 0 Å². The summed E-state index contributed by atoms with van der Waals surface area (Å²) in [6.07, 6.45) is 9.10. The average molecular weight is 270 g/mol. The summed E-state index contributed by atoms with van der Waals surface area (Å²) in [6.45, 7) is 10.4. The molecule has 1 aliphatic rings. The van der Waals surface area contributed by atoms with Crippen molar-refractivity contribution in [2.45, 2.75) is 77.3 Å². The molecule has 2 atom stereocenters. The zero-order chi connectivity index (χ0) is 14.1. The third-order valence-electron chi connectivity index (χ3n) is 4.65. The van der Waals surface area contributed by atoms with Gasteiger partial charge in [-0.05, 0) is 19.8 Å². The van der Waals surface area contributed by atoms with Crippen molar-refractivity contribution in [3.05, 3.63) is 0 Å². The Morgan fingerprint density at radius 3 is 2.58 bits per heavy atom. The molecule has 3 heteroatoms. The number of hydrogen-bond donors (Lipinski definition) is 1. The standard InChI is InChI=1S/C16H34N2O/c1-4-6-7-8-9-10-16(3,14-17)18-11-12-19-13-15(18)5-2/h15H,4-14,17H2,1-3H3. The van der Waals surface area contributed by atoms with Crippen LogP contribution >= 0.6 is 0 Å². The van der Waals surface area contributed by atoms with Crippen molar-refractivity contribution < 1.29 is 4.74 Å². The molecular formula is C16H34N2O. The highest BCUT2D eigenvalue weighted by Gasteiger charge is 2.36. The normalized spacial score (nSPS) is 24.3. The lowest BCUT2D eigenvalue weighted by molar-refractivity contribution is -0.0614. The molecule has 1 fully saturated rings. The Labute approximate surface area is 119 Å². The van der Waals surface area contributed by atoms with Crippen LogP contribution in [-0.4, -0.2) is 42.8 Å². The number of nitrogens with two attached hydrogens (primary N) is 1. The van der Waals surface area contributed by atoms with E-state index < -0.39 is 0 Å². The molecule has 0 aliphatic carbocycles. The first kappa shape index (κ1) is 16.9. The van der Waals surface area contributed by atoms with Crippen LogP contribution in [0.15, 0.2) is 0 Å². The number of nitrogens with zero attached hydrogens (tertiary/aromatic N) is 1. The maximum absolute atomic E-state index is 6.11. The van der Waals surface area contributed by atoms with Crippen molar-refractivity contribution >= 4 is 0 Å². The molecule has 0 amide bonds. The van der Waals surface area contributed by atoms with Gasteiger partial charge in [0.05, 0.1) is 13.2 Å². The van der Waals surface area contributed by atoms with Crippen LogP contribution in [0.1, 0.15) is 65.7 Å². The summed E-state index contributed by atoms with van der Waals surface area (Å²) in [5.41, 5.74) is 6.28. The third-order valence-corrected chi connectivity index (χ3v) is 4.65. The second kappa shape index (κ2) is 8.93. The van der Waals surface area contributed by atoms with Crippen molar-refractivity contribution in [1.82, 2.24) is 4.90 Å². The summed E-state index contributed by atoms with van der Waals surface area (Å²) >= 11 is 0. The van der Waals surface area contributed by atoms with Crippen molar-refractivity contribution in [2.75, 3.05) is 26.3 Å². The minimum atomic E-state index is 0.163. The first-order chi connectivity index (χ1) is 9.18. The molecule has 1 aliphatic heterocycles. The molecule has 0 spiro atoms. The fraction of sp³-hybridized carbons (Fsp3) is 1.00. The van der Waals surface area contributed by atoms with Gasteiger partial charge in [0.1, 0.15) is 0 Å². The Kier molecular flexibility index (Phi) is 7.96. The molecule has 0 radical (unpaired) electrons. The van der Waals surface area contributed by atoms with Gasteiger partial charge in [-0.1, -0.05) is 46.0 Å². The Hall–Kier alpha value is -0.120. The van der Waals surface area contributed by atoms with E-state index in [1.165, 1.54) is 38.5 Å². The average Bonchev–Trinajstić information content (AvgIpc) is 2.46. The van der Waals surface area contributed by atoms with Gasteiger partial charge in [0.2, 0.25) is 0 Å². The van der Waals surface area contributed by atoms with Gasteiger partial charge in [0.15, 0.2) is 0 Å². The third kappa shape index (κ3) is 5.05. The molecule has 0 aromatic carbocycles. The van der Waals surface area contributed by atoms with Gasteiger partial charge in [0, 0.05) is 24.7 Å². The topological polar surface area (TPSA) is 38.5 Å². The highest BCUT2D eigenvalue weighted by Crippen LogP contribution is 2.27. The fourth-order valence-corrected chi connectivity index (χ4v) is 3.18. The first-order valence-electron chi connectivity index (χ1n) is 8.22. The zero-order valence-electron chi connectivity index (χ0n) is 13.3. The number of morpholine rings is 1. The minimum Gasteiger partial charge on any atom is -0.378 e. The molecule has 2 unspecified atom stereocenters. The smallest absolute Gasteiger partial charge is 0.0622 e. The molecule has 1 rings (SSSR count). The molecule has 1 heterocycles. The molecule has 3 nitrogen and oxygen atoms in total. The SMILES string of the molecule is CCCCCCCC(C)(CN)N1CCOCC1CC.